The minimum atomic E-state index is 0.627. The van der Waals surface area contributed by atoms with Gasteiger partial charge in [-0.05, 0) is 42.5 Å². The Kier molecular flexibility index (Phi) is 2.92. The Morgan fingerprint density at radius 2 is 1.91 bits per heavy atom. The van der Waals surface area contributed by atoms with Crippen LogP contribution < -0.4 is 5.32 Å². The molecule has 0 bridgehead atoms. The number of anilines is 2. The monoisotopic (exact) mass is 291 g/mol. The number of hydrogen-bond acceptors (Lipinski definition) is 4. The van der Waals surface area contributed by atoms with E-state index in [1.165, 1.54) is 16.7 Å². The van der Waals surface area contributed by atoms with Gasteiger partial charge in [0.1, 0.15) is 0 Å². The molecule has 0 amide bonds. The summed E-state index contributed by atoms with van der Waals surface area (Å²) in [4.78, 5) is 9.20. The predicted octanol–water partition coefficient (Wildman–Crippen LogP) is 3.03. The summed E-state index contributed by atoms with van der Waals surface area (Å²) in [5, 5.41) is 7.67. The zero-order valence-electron chi connectivity index (χ0n) is 12.7. The molecule has 3 aromatic rings. The lowest BCUT2D eigenvalue weighted by atomic mass is 9.95. The Hall–Kier alpha value is -2.69. The first-order valence-corrected chi connectivity index (χ1v) is 7.42. The number of aromatic nitrogens is 4. The first-order chi connectivity index (χ1) is 10.7. The molecule has 22 heavy (non-hydrogen) atoms. The van der Waals surface area contributed by atoms with Crippen molar-refractivity contribution in [3.8, 4) is 11.4 Å². The highest BCUT2D eigenvalue weighted by molar-refractivity contribution is 5.68. The van der Waals surface area contributed by atoms with Crippen LogP contribution in [0, 0.1) is 6.92 Å². The molecule has 5 nitrogen and oxygen atoms in total. The lowest BCUT2D eigenvalue weighted by Crippen LogP contribution is -2.10. The Morgan fingerprint density at radius 1 is 1.09 bits per heavy atom. The van der Waals surface area contributed by atoms with Crippen molar-refractivity contribution in [3.05, 3.63) is 53.3 Å². The van der Waals surface area contributed by atoms with E-state index in [1.807, 2.05) is 42.3 Å². The fourth-order valence-corrected chi connectivity index (χ4v) is 2.93. The molecule has 5 heteroatoms. The van der Waals surface area contributed by atoms with Gasteiger partial charge < -0.3 is 5.32 Å². The average Bonchev–Trinajstić information content (AvgIpc) is 2.91. The molecule has 2 heterocycles. The fourth-order valence-electron chi connectivity index (χ4n) is 2.93. The van der Waals surface area contributed by atoms with Crippen molar-refractivity contribution in [1.82, 2.24) is 19.7 Å². The molecule has 0 spiro atoms. The third-order valence-corrected chi connectivity index (χ3v) is 4.16. The van der Waals surface area contributed by atoms with Gasteiger partial charge in [-0.1, -0.05) is 18.2 Å². The highest BCUT2D eigenvalue weighted by atomic mass is 15.3. The van der Waals surface area contributed by atoms with E-state index < -0.39 is 0 Å². The quantitative estimate of drug-likeness (QED) is 0.788. The van der Waals surface area contributed by atoms with Gasteiger partial charge in [-0.2, -0.15) is 5.10 Å². The largest absolute Gasteiger partial charge is 0.324 e. The van der Waals surface area contributed by atoms with Crippen molar-refractivity contribution in [2.24, 2.45) is 7.05 Å². The first-order valence-electron chi connectivity index (χ1n) is 7.42. The van der Waals surface area contributed by atoms with Gasteiger partial charge >= 0.3 is 0 Å². The number of benzene rings is 1. The highest BCUT2D eigenvalue weighted by Gasteiger charge is 2.22. The van der Waals surface area contributed by atoms with Crippen LogP contribution in [0.4, 0.5) is 11.6 Å². The third kappa shape index (κ3) is 2.06. The minimum absolute atomic E-state index is 0.627. The molecule has 1 N–H and O–H groups in total. The first kappa shape index (κ1) is 13.0. The Labute approximate surface area is 129 Å². The Bertz CT molecular complexity index is 850. The lowest BCUT2D eigenvalue weighted by Gasteiger charge is -2.17. The summed E-state index contributed by atoms with van der Waals surface area (Å²) >= 11 is 0. The molecule has 1 aromatic carbocycles. The molecular formula is C17H17N5. The van der Waals surface area contributed by atoms with Gasteiger partial charge in [-0.25, -0.2) is 9.97 Å². The second-order valence-corrected chi connectivity index (χ2v) is 5.65. The summed E-state index contributed by atoms with van der Waals surface area (Å²) in [5.74, 6) is 0.627. The average molecular weight is 291 g/mol. The van der Waals surface area contributed by atoms with E-state index in [4.69, 9.17) is 4.98 Å². The molecule has 4 rings (SSSR count). The standard InChI is InChI=1S/C17H17N5/c1-11-5-3-4-6-14(11)20-17-18-9-12-7-8-13-10-19-22(2)16(13)15(12)21-17/h3-6,9-10H,7-8H2,1-2H3,(H,18,20,21). The van der Waals surface area contributed by atoms with Crippen LogP contribution in [-0.2, 0) is 19.9 Å². The molecular weight excluding hydrogens is 274 g/mol. The van der Waals surface area contributed by atoms with Gasteiger partial charge in [0, 0.05) is 18.9 Å². The van der Waals surface area contributed by atoms with E-state index in [9.17, 15) is 0 Å². The highest BCUT2D eigenvalue weighted by Crippen LogP contribution is 2.32. The molecule has 0 fully saturated rings. The number of fused-ring (bicyclic) bond motifs is 3. The van der Waals surface area contributed by atoms with Crippen LogP contribution in [0.1, 0.15) is 16.7 Å². The molecule has 0 radical (unpaired) electrons. The van der Waals surface area contributed by atoms with Crippen LogP contribution in [0.3, 0.4) is 0 Å². The van der Waals surface area contributed by atoms with Crippen molar-refractivity contribution in [1.29, 1.82) is 0 Å². The molecule has 2 aromatic heterocycles. The van der Waals surface area contributed by atoms with E-state index >= 15 is 0 Å². The maximum Gasteiger partial charge on any atom is 0.227 e. The molecule has 0 aliphatic heterocycles. The summed E-state index contributed by atoms with van der Waals surface area (Å²) in [5.41, 5.74) is 6.75. The summed E-state index contributed by atoms with van der Waals surface area (Å²) in [7, 11) is 1.96. The second-order valence-electron chi connectivity index (χ2n) is 5.65. The van der Waals surface area contributed by atoms with Gasteiger partial charge in [-0.3, -0.25) is 4.68 Å². The van der Waals surface area contributed by atoms with Crippen LogP contribution in [0.15, 0.2) is 36.7 Å². The summed E-state index contributed by atoms with van der Waals surface area (Å²) in [6, 6.07) is 8.14. The minimum Gasteiger partial charge on any atom is -0.324 e. The Morgan fingerprint density at radius 3 is 2.77 bits per heavy atom. The fraction of sp³-hybridized carbons (Fsp3) is 0.235. The maximum absolute atomic E-state index is 4.74. The number of para-hydroxylation sites is 1. The summed E-state index contributed by atoms with van der Waals surface area (Å²) in [6.07, 6.45) is 5.84. The van der Waals surface area contributed by atoms with Crippen molar-refractivity contribution in [2.75, 3.05) is 5.32 Å². The zero-order chi connectivity index (χ0) is 15.1. The van der Waals surface area contributed by atoms with Crippen LogP contribution >= 0.6 is 0 Å². The van der Waals surface area contributed by atoms with Gasteiger partial charge in [0.05, 0.1) is 17.6 Å². The number of hydrogen-bond donors (Lipinski definition) is 1. The molecule has 0 unspecified atom stereocenters. The predicted molar refractivity (Wildman–Crippen MR) is 86.1 cm³/mol. The lowest BCUT2D eigenvalue weighted by molar-refractivity contribution is 0.766. The van der Waals surface area contributed by atoms with E-state index in [0.29, 0.717) is 5.95 Å². The van der Waals surface area contributed by atoms with Gasteiger partial charge in [0.15, 0.2) is 0 Å². The zero-order valence-corrected chi connectivity index (χ0v) is 12.7. The van der Waals surface area contributed by atoms with Gasteiger partial charge in [-0.15, -0.1) is 0 Å². The van der Waals surface area contributed by atoms with Crippen molar-refractivity contribution >= 4 is 11.6 Å². The number of rotatable bonds is 2. The smallest absolute Gasteiger partial charge is 0.227 e. The van der Waals surface area contributed by atoms with E-state index in [-0.39, 0.29) is 0 Å². The molecule has 110 valence electrons. The normalized spacial score (nSPS) is 12.6. The SMILES string of the molecule is Cc1ccccc1Nc1ncc2c(n1)-c1c(cnn1C)CC2. The number of nitrogens with zero attached hydrogens (tertiary/aromatic N) is 4. The Balaban J connectivity index is 1.76. The topological polar surface area (TPSA) is 55.6 Å². The number of nitrogens with one attached hydrogen (secondary N) is 1. The van der Waals surface area contributed by atoms with Crippen LogP contribution in [0.5, 0.6) is 0 Å². The van der Waals surface area contributed by atoms with Gasteiger partial charge in [0.25, 0.3) is 0 Å². The van der Waals surface area contributed by atoms with Crippen molar-refractivity contribution < 1.29 is 0 Å². The molecule has 0 saturated carbocycles. The van der Waals surface area contributed by atoms with Gasteiger partial charge in [0.2, 0.25) is 5.95 Å². The summed E-state index contributed by atoms with van der Waals surface area (Å²) < 4.78 is 1.90. The maximum atomic E-state index is 4.74. The molecule has 0 atom stereocenters. The third-order valence-electron chi connectivity index (χ3n) is 4.16. The molecule has 1 aliphatic rings. The van der Waals surface area contributed by atoms with E-state index in [0.717, 1.165) is 29.9 Å². The van der Waals surface area contributed by atoms with Crippen LogP contribution in [-0.4, -0.2) is 19.7 Å². The van der Waals surface area contributed by atoms with Crippen LogP contribution in [0.25, 0.3) is 11.4 Å². The van der Waals surface area contributed by atoms with E-state index in [1.54, 1.807) is 0 Å². The van der Waals surface area contributed by atoms with E-state index in [2.05, 4.69) is 28.4 Å². The molecule has 0 saturated heterocycles. The second kappa shape index (κ2) is 4.94. The van der Waals surface area contributed by atoms with Crippen molar-refractivity contribution in [3.63, 3.8) is 0 Å². The number of aryl methyl sites for hydroxylation is 4. The van der Waals surface area contributed by atoms with Crippen molar-refractivity contribution in [2.45, 2.75) is 19.8 Å². The van der Waals surface area contributed by atoms with Crippen LogP contribution in [0.2, 0.25) is 0 Å². The summed E-state index contributed by atoms with van der Waals surface area (Å²) in [6.45, 7) is 2.07. The molecule has 1 aliphatic carbocycles.